The molecule has 4 heteroatoms. The van der Waals surface area contributed by atoms with Crippen LogP contribution in [0.4, 0.5) is 0 Å². The van der Waals surface area contributed by atoms with E-state index in [0.29, 0.717) is 24.6 Å². The first-order chi connectivity index (χ1) is 8.86. The van der Waals surface area contributed by atoms with E-state index in [1.54, 1.807) is 6.20 Å². The molecule has 0 radical (unpaired) electrons. The third-order valence-corrected chi connectivity index (χ3v) is 2.85. The quantitative estimate of drug-likeness (QED) is 0.827. The molecule has 0 bridgehead atoms. The Balaban J connectivity index is 2.19. The van der Waals surface area contributed by atoms with E-state index >= 15 is 0 Å². The number of nitrogens with one attached hydrogen (secondary N) is 1. The van der Waals surface area contributed by atoms with Crippen molar-refractivity contribution in [3.8, 4) is 17.0 Å². The molecule has 2 heterocycles. The molecule has 0 atom stereocenters. The summed E-state index contributed by atoms with van der Waals surface area (Å²) in [5.74, 6) is 0.279. The lowest BCUT2D eigenvalue weighted by atomic mass is 10.0. The Kier molecular flexibility index (Phi) is 2.68. The molecule has 1 aromatic carbocycles. The second kappa shape index (κ2) is 4.49. The van der Waals surface area contributed by atoms with E-state index in [1.165, 1.54) is 0 Å². The maximum atomic E-state index is 12.1. The molecule has 90 valence electrons. The lowest BCUT2D eigenvalue weighted by Crippen LogP contribution is -2.24. The molecule has 0 fully saturated rings. The molecule has 0 saturated heterocycles. The monoisotopic (exact) mass is 240 g/mol. The summed E-state index contributed by atoms with van der Waals surface area (Å²) >= 11 is 0. The van der Waals surface area contributed by atoms with Gasteiger partial charge in [-0.2, -0.15) is 0 Å². The highest BCUT2D eigenvalue weighted by Crippen LogP contribution is 2.29. The number of carbonyl (C=O) groups excluding carboxylic acids is 1. The van der Waals surface area contributed by atoms with Gasteiger partial charge in [0.1, 0.15) is 12.2 Å². The molecule has 18 heavy (non-hydrogen) atoms. The van der Waals surface area contributed by atoms with Gasteiger partial charge in [0.25, 0.3) is 5.91 Å². The molecular formula is C14H12N2O2. The molecule has 0 spiro atoms. The molecule has 3 rings (SSSR count). The highest BCUT2D eigenvalue weighted by Gasteiger charge is 2.21. The van der Waals surface area contributed by atoms with E-state index in [9.17, 15) is 4.79 Å². The van der Waals surface area contributed by atoms with Crippen LogP contribution >= 0.6 is 0 Å². The Morgan fingerprint density at radius 3 is 2.83 bits per heavy atom. The van der Waals surface area contributed by atoms with Gasteiger partial charge in [-0.15, -0.1) is 0 Å². The van der Waals surface area contributed by atoms with Gasteiger partial charge in [-0.3, -0.25) is 4.79 Å². The summed E-state index contributed by atoms with van der Waals surface area (Å²) in [7, 11) is 0. The maximum absolute atomic E-state index is 12.1. The van der Waals surface area contributed by atoms with Crippen molar-refractivity contribution in [2.24, 2.45) is 0 Å². The molecule has 1 aliphatic rings. The molecule has 0 saturated carbocycles. The second-order valence-corrected chi connectivity index (χ2v) is 4.01. The van der Waals surface area contributed by atoms with Gasteiger partial charge in [-0.1, -0.05) is 30.3 Å². The van der Waals surface area contributed by atoms with Gasteiger partial charge >= 0.3 is 0 Å². The average molecular weight is 240 g/mol. The van der Waals surface area contributed by atoms with Crippen LogP contribution in [0.1, 0.15) is 10.4 Å². The number of hydrogen-bond donors (Lipinski definition) is 1. The number of pyridine rings is 1. The third kappa shape index (κ3) is 1.82. The topological polar surface area (TPSA) is 51.2 Å². The van der Waals surface area contributed by atoms with E-state index in [4.69, 9.17) is 4.74 Å². The molecule has 1 amide bonds. The summed E-state index contributed by atoms with van der Waals surface area (Å²) < 4.78 is 5.49. The first-order valence-corrected chi connectivity index (χ1v) is 5.81. The van der Waals surface area contributed by atoms with Crippen LogP contribution in [0.2, 0.25) is 0 Å². The molecule has 2 aromatic rings. The average Bonchev–Trinajstić information content (AvgIpc) is 2.62. The van der Waals surface area contributed by atoms with Crippen LogP contribution in [0.5, 0.6) is 5.88 Å². The largest absolute Gasteiger partial charge is 0.475 e. The van der Waals surface area contributed by atoms with Crippen LogP contribution in [0.25, 0.3) is 11.1 Å². The minimum Gasteiger partial charge on any atom is -0.475 e. The Morgan fingerprint density at radius 1 is 1.17 bits per heavy atom. The summed E-state index contributed by atoms with van der Waals surface area (Å²) in [6, 6.07) is 11.6. The number of carbonyl (C=O) groups is 1. The van der Waals surface area contributed by atoms with E-state index in [-0.39, 0.29) is 5.91 Å². The molecule has 1 aliphatic heterocycles. The van der Waals surface area contributed by atoms with Crippen LogP contribution in [0.3, 0.4) is 0 Å². The second-order valence-electron chi connectivity index (χ2n) is 4.01. The number of ether oxygens (including phenoxy) is 1. The van der Waals surface area contributed by atoms with Crippen molar-refractivity contribution in [3.05, 3.63) is 48.2 Å². The van der Waals surface area contributed by atoms with E-state index in [1.807, 2.05) is 36.4 Å². The van der Waals surface area contributed by atoms with Crippen molar-refractivity contribution < 1.29 is 9.53 Å². The van der Waals surface area contributed by atoms with Crippen molar-refractivity contribution in [1.82, 2.24) is 10.3 Å². The van der Waals surface area contributed by atoms with Crippen LogP contribution in [0.15, 0.2) is 42.6 Å². The zero-order valence-corrected chi connectivity index (χ0v) is 9.72. The zero-order valence-electron chi connectivity index (χ0n) is 9.72. The third-order valence-electron chi connectivity index (χ3n) is 2.85. The molecule has 4 nitrogen and oxygen atoms in total. The van der Waals surface area contributed by atoms with Gasteiger partial charge in [-0.05, 0) is 11.6 Å². The molecule has 0 aliphatic carbocycles. The van der Waals surface area contributed by atoms with Crippen molar-refractivity contribution in [3.63, 3.8) is 0 Å². The summed E-state index contributed by atoms with van der Waals surface area (Å²) in [6.07, 6.45) is 1.67. The zero-order chi connectivity index (χ0) is 12.4. The Labute approximate surface area is 105 Å². The number of amides is 1. The molecular weight excluding hydrogens is 228 g/mol. The SMILES string of the molecule is O=C1NCCOc2nccc(-c3ccccc3)c21. The van der Waals surface area contributed by atoms with Gasteiger partial charge < -0.3 is 10.1 Å². The van der Waals surface area contributed by atoms with Crippen LogP contribution in [0, 0.1) is 0 Å². The Hall–Kier alpha value is -2.36. The Bertz CT molecular complexity index is 582. The minimum absolute atomic E-state index is 0.130. The van der Waals surface area contributed by atoms with Crippen LogP contribution in [-0.2, 0) is 0 Å². The standard InChI is InChI=1S/C14H12N2O2/c17-13-12-11(10-4-2-1-3-5-10)6-7-16-14(12)18-9-8-15-13/h1-7H,8-9H2,(H,15,17). The Morgan fingerprint density at radius 2 is 2.00 bits per heavy atom. The van der Waals surface area contributed by atoms with Crippen molar-refractivity contribution in [1.29, 1.82) is 0 Å². The highest BCUT2D eigenvalue weighted by molar-refractivity contribution is 6.03. The maximum Gasteiger partial charge on any atom is 0.257 e. The van der Waals surface area contributed by atoms with Gasteiger partial charge in [-0.25, -0.2) is 4.98 Å². The summed E-state index contributed by atoms with van der Waals surface area (Å²) in [5.41, 5.74) is 2.35. The van der Waals surface area contributed by atoms with Gasteiger partial charge in [0.15, 0.2) is 0 Å². The fourth-order valence-electron chi connectivity index (χ4n) is 2.03. The van der Waals surface area contributed by atoms with Crippen molar-refractivity contribution >= 4 is 5.91 Å². The van der Waals surface area contributed by atoms with Crippen LogP contribution in [-0.4, -0.2) is 24.0 Å². The fourth-order valence-corrected chi connectivity index (χ4v) is 2.03. The van der Waals surface area contributed by atoms with Gasteiger partial charge in [0.05, 0.1) is 6.54 Å². The number of aromatic nitrogens is 1. The number of nitrogens with zero attached hydrogens (tertiary/aromatic N) is 1. The van der Waals surface area contributed by atoms with Gasteiger partial charge in [0.2, 0.25) is 5.88 Å². The van der Waals surface area contributed by atoms with Crippen molar-refractivity contribution in [2.45, 2.75) is 0 Å². The highest BCUT2D eigenvalue weighted by atomic mass is 16.5. The molecule has 0 unspecified atom stereocenters. The number of benzene rings is 1. The van der Waals surface area contributed by atoms with Crippen molar-refractivity contribution in [2.75, 3.05) is 13.2 Å². The summed E-state index contributed by atoms with van der Waals surface area (Å²) in [4.78, 5) is 16.2. The normalized spacial score (nSPS) is 14.1. The van der Waals surface area contributed by atoms with Gasteiger partial charge in [0, 0.05) is 11.8 Å². The van der Waals surface area contributed by atoms with E-state index < -0.39 is 0 Å². The van der Waals surface area contributed by atoms with Crippen LogP contribution < -0.4 is 10.1 Å². The predicted octanol–water partition coefficient (Wildman–Crippen LogP) is 1.87. The lowest BCUT2D eigenvalue weighted by Gasteiger charge is -2.09. The van der Waals surface area contributed by atoms with E-state index in [0.717, 1.165) is 11.1 Å². The first-order valence-electron chi connectivity index (χ1n) is 5.81. The number of hydrogen-bond acceptors (Lipinski definition) is 3. The minimum atomic E-state index is -0.130. The number of fused-ring (bicyclic) bond motifs is 1. The smallest absolute Gasteiger partial charge is 0.257 e. The summed E-state index contributed by atoms with van der Waals surface area (Å²) in [5, 5.41) is 2.81. The summed E-state index contributed by atoms with van der Waals surface area (Å²) in [6.45, 7) is 0.952. The van der Waals surface area contributed by atoms with E-state index in [2.05, 4.69) is 10.3 Å². The molecule has 1 aromatic heterocycles. The lowest BCUT2D eigenvalue weighted by molar-refractivity contribution is 0.0957. The predicted molar refractivity (Wildman–Crippen MR) is 67.5 cm³/mol. The number of rotatable bonds is 1. The molecule has 1 N–H and O–H groups in total. The first kappa shape index (κ1) is 10.8. The fraction of sp³-hybridized carbons (Fsp3) is 0.143.